The summed E-state index contributed by atoms with van der Waals surface area (Å²) in [5.41, 5.74) is 3.72. The van der Waals surface area contributed by atoms with Gasteiger partial charge in [0.15, 0.2) is 0 Å². The summed E-state index contributed by atoms with van der Waals surface area (Å²) in [5, 5.41) is 10.5. The van der Waals surface area contributed by atoms with E-state index in [0.29, 0.717) is 11.8 Å². The van der Waals surface area contributed by atoms with Crippen molar-refractivity contribution in [1.29, 1.82) is 0 Å². The summed E-state index contributed by atoms with van der Waals surface area (Å²) in [5.74, 6) is 0.705. The van der Waals surface area contributed by atoms with E-state index in [1.54, 1.807) is 0 Å². The molecule has 2 aliphatic heterocycles. The predicted molar refractivity (Wildman–Crippen MR) is 88.2 cm³/mol. The number of rotatable bonds is 1. The van der Waals surface area contributed by atoms with Gasteiger partial charge in [0, 0.05) is 43.7 Å². The minimum Gasteiger partial charge on any atom is -0.508 e. The molecule has 4 rings (SSSR count). The number of hydrogen-bond donors (Lipinski definition) is 1. The Balaban J connectivity index is 1.83. The normalized spacial score (nSPS) is 25.5. The third-order valence-electron chi connectivity index (χ3n) is 5.14. The first-order valence-electron chi connectivity index (χ1n) is 8.03. The Labute approximate surface area is 131 Å². The Morgan fingerprint density at radius 1 is 0.955 bits per heavy atom. The van der Waals surface area contributed by atoms with Gasteiger partial charge >= 0.3 is 0 Å². The van der Waals surface area contributed by atoms with Crippen molar-refractivity contribution in [2.24, 2.45) is 0 Å². The van der Waals surface area contributed by atoms with Crippen LogP contribution in [0.25, 0.3) is 0 Å². The molecule has 0 radical (unpaired) electrons. The summed E-state index contributed by atoms with van der Waals surface area (Å²) >= 11 is 0. The van der Waals surface area contributed by atoms with Crippen LogP contribution in [-0.2, 0) is 0 Å². The maximum absolute atomic E-state index is 10.5. The first kappa shape index (κ1) is 13.8. The van der Waals surface area contributed by atoms with E-state index in [4.69, 9.17) is 0 Å². The Bertz CT molecular complexity index is 670. The second-order valence-corrected chi connectivity index (χ2v) is 6.52. The molecule has 0 saturated carbocycles. The van der Waals surface area contributed by atoms with Gasteiger partial charge in [-0.25, -0.2) is 0 Å². The summed E-state index contributed by atoms with van der Waals surface area (Å²) in [6.07, 6.45) is 0. The van der Waals surface area contributed by atoms with Crippen LogP contribution in [-0.4, -0.2) is 48.1 Å². The minimum absolute atomic E-state index is 0.261. The molecule has 1 saturated heterocycles. The first-order chi connectivity index (χ1) is 10.7. The molecular formula is C19H22N2O. The van der Waals surface area contributed by atoms with Gasteiger partial charge in [-0.05, 0) is 24.2 Å². The lowest BCUT2D eigenvalue weighted by Gasteiger charge is -2.46. The van der Waals surface area contributed by atoms with Crippen molar-refractivity contribution in [3.63, 3.8) is 0 Å². The highest BCUT2D eigenvalue weighted by Crippen LogP contribution is 2.44. The Hall–Kier alpha value is -1.84. The Morgan fingerprint density at radius 2 is 1.77 bits per heavy atom. The van der Waals surface area contributed by atoms with Gasteiger partial charge in [-0.1, -0.05) is 42.5 Å². The Morgan fingerprint density at radius 3 is 2.59 bits per heavy atom. The van der Waals surface area contributed by atoms with Crippen molar-refractivity contribution in [3.05, 3.63) is 65.2 Å². The van der Waals surface area contributed by atoms with Crippen LogP contribution in [0.2, 0.25) is 0 Å². The molecule has 0 spiro atoms. The molecular weight excluding hydrogens is 272 g/mol. The van der Waals surface area contributed by atoms with Gasteiger partial charge in [0.1, 0.15) is 5.75 Å². The van der Waals surface area contributed by atoms with Crippen LogP contribution in [0.3, 0.4) is 0 Å². The van der Waals surface area contributed by atoms with Gasteiger partial charge < -0.3 is 10.0 Å². The van der Waals surface area contributed by atoms with Crippen LogP contribution in [0.15, 0.2) is 48.5 Å². The van der Waals surface area contributed by atoms with Crippen LogP contribution in [0.1, 0.15) is 28.7 Å². The lowest BCUT2D eigenvalue weighted by atomic mass is 9.80. The van der Waals surface area contributed by atoms with Crippen molar-refractivity contribution in [3.8, 4) is 5.75 Å². The molecule has 2 heterocycles. The first-order valence-corrected chi connectivity index (χ1v) is 8.03. The van der Waals surface area contributed by atoms with Gasteiger partial charge in [0.25, 0.3) is 0 Å². The Kier molecular flexibility index (Phi) is 3.40. The van der Waals surface area contributed by atoms with Gasteiger partial charge in [-0.15, -0.1) is 0 Å². The van der Waals surface area contributed by atoms with E-state index in [2.05, 4.69) is 53.2 Å². The number of phenolic OH excluding ortho intramolecular Hbond substituents is 1. The summed E-state index contributed by atoms with van der Waals surface area (Å²) in [6.45, 7) is 4.25. The standard InChI is InChI=1S/C19H22N2O/c1-20-10-11-21-12-16(14-6-3-2-4-7-14)19-15(17(21)13-20)8-5-9-18(19)22/h2-9,16-17,22H,10-13H2,1H3/t16-,17+/m0/s1. The number of nitrogens with zero attached hydrogens (tertiary/aromatic N) is 2. The second kappa shape index (κ2) is 5.41. The third-order valence-corrected chi connectivity index (χ3v) is 5.14. The SMILES string of the molecule is CN1CCN2C[C@@H](c3ccccc3)c3c(O)cccc3[C@H]2C1. The molecule has 2 aromatic carbocycles. The minimum atomic E-state index is 0.261. The highest BCUT2D eigenvalue weighted by Gasteiger charge is 2.37. The molecule has 1 fully saturated rings. The van der Waals surface area contributed by atoms with Crippen molar-refractivity contribution >= 4 is 0 Å². The molecule has 0 unspecified atom stereocenters. The third kappa shape index (κ3) is 2.21. The van der Waals surface area contributed by atoms with Crippen molar-refractivity contribution in [1.82, 2.24) is 9.80 Å². The quantitative estimate of drug-likeness (QED) is 0.876. The average Bonchev–Trinajstić information content (AvgIpc) is 2.55. The fourth-order valence-electron chi connectivity index (χ4n) is 3.99. The lowest BCUT2D eigenvalue weighted by Crippen LogP contribution is -2.50. The van der Waals surface area contributed by atoms with Crippen LogP contribution in [0.4, 0.5) is 0 Å². The van der Waals surface area contributed by atoms with Gasteiger partial charge in [0.2, 0.25) is 0 Å². The number of phenols is 1. The number of benzene rings is 2. The number of piperazine rings is 1. The summed E-state index contributed by atoms with van der Waals surface area (Å²) in [4.78, 5) is 4.97. The smallest absolute Gasteiger partial charge is 0.119 e. The van der Waals surface area contributed by atoms with E-state index in [-0.39, 0.29) is 5.92 Å². The lowest BCUT2D eigenvalue weighted by molar-refractivity contribution is 0.0766. The number of aromatic hydroxyl groups is 1. The molecule has 0 aliphatic carbocycles. The zero-order valence-electron chi connectivity index (χ0n) is 12.9. The fraction of sp³-hybridized carbons (Fsp3) is 0.368. The van der Waals surface area contributed by atoms with Gasteiger partial charge in [-0.2, -0.15) is 0 Å². The molecule has 1 N–H and O–H groups in total. The number of hydrogen-bond acceptors (Lipinski definition) is 3. The predicted octanol–water partition coefficient (Wildman–Crippen LogP) is 2.83. The van der Waals surface area contributed by atoms with E-state index in [9.17, 15) is 5.11 Å². The van der Waals surface area contributed by atoms with E-state index in [1.165, 1.54) is 11.1 Å². The zero-order chi connectivity index (χ0) is 15.1. The molecule has 2 atom stereocenters. The van der Waals surface area contributed by atoms with Crippen LogP contribution in [0, 0.1) is 0 Å². The largest absolute Gasteiger partial charge is 0.508 e. The van der Waals surface area contributed by atoms with E-state index in [0.717, 1.165) is 31.7 Å². The number of fused-ring (bicyclic) bond motifs is 3. The monoisotopic (exact) mass is 294 g/mol. The second-order valence-electron chi connectivity index (χ2n) is 6.52. The van der Waals surface area contributed by atoms with Crippen molar-refractivity contribution in [2.45, 2.75) is 12.0 Å². The molecule has 2 aliphatic rings. The van der Waals surface area contributed by atoms with Gasteiger partial charge in [0.05, 0.1) is 0 Å². The van der Waals surface area contributed by atoms with E-state index in [1.807, 2.05) is 12.1 Å². The van der Waals surface area contributed by atoms with Crippen molar-refractivity contribution < 1.29 is 5.11 Å². The number of likely N-dealkylation sites (N-methyl/N-ethyl adjacent to an activating group) is 1. The molecule has 22 heavy (non-hydrogen) atoms. The molecule has 0 aromatic heterocycles. The molecule has 0 amide bonds. The molecule has 0 bridgehead atoms. The van der Waals surface area contributed by atoms with Crippen LogP contribution in [0.5, 0.6) is 5.75 Å². The summed E-state index contributed by atoms with van der Waals surface area (Å²) in [6, 6.07) is 17.0. The topological polar surface area (TPSA) is 26.7 Å². The summed E-state index contributed by atoms with van der Waals surface area (Å²) in [7, 11) is 2.18. The van der Waals surface area contributed by atoms with E-state index >= 15 is 0 Å². The zero-order valence-corrected chi connectivity index (χ0v) is 12.9. The van der Waals surface area contributed by atoms with E-state index < -0.39 is 0 Å². The molecule has 3 heteroatoms. The van der Waals surface area contributed by atoms with Crippen LogP contribution < -0.4 is 0 Å². The van der Waals surface area contributed by atoms with Crippen molar-refractivity contribution in [2.75, 3.05) is 33.2 Å². The maximum Gasteiger partial charge on any atom is 0.119 e. The van der Waals surface area contributed by atoms with Crippen LogP contribution >= 0.6 is 0 Å². The van der Waals surface area contributed by atoms with Gasteiger partial charge in [-0.3, -0.25) is 4.90 Å². The molecule has 3 nitrogen and oxygen atoms in total. The average molecular weight is 294 g/mol. The highest BCUT2D eigenvalue weighted by molar-refractivity contribution is 5.50. The summed E-state index contributed by atoms with van der Waals surface area (Å²) < 4.78 is 0. The fourth-order valence-corrected chi connectivity index (χ4v) is 3.99. The highest BCUT2D eigenvalue weighted by atomic mass is 16.3. The molecule has 114 valence electrons. The maximum atomic E-state index is 10.5. The molecule has 2 aromatic rings.